The fourth-order valence-corrected chi connectivity index (χ4v) is 2.27. The molecule has 2 rings (SSSR count). The first-order valence-electron chi connectivity index (χ1n) is 6.01. The summed E-state index contributed by atoms with van der Waals surface area (Å²) in [5.74, 6) is 0. The van der Waals surface area contributed by atoms with Crippen molar-refractivity contribution < 1.29 is 5.11 Å². The number of H-pyrrole nitrogens is 1. The number of hydrogen-bond acceptors (Lipinski definition) is 1. The summed E-state index contributed by atoms with van der Waals surface area (Å²) in [6, 6.07) is 5.62. The van der Waals surface area contributed by atoms with E-state index in [4.69, 9.17) is 11.6 Å². The van der Waals surface area contributed by atoms with Gasteiger partial charge in [-0.1, -0.05) is 23.7 Å². The largest absolute Gasteiger partial charge is 0.382 e. The first-order valence-corrected chi connectivity index (χ1v) is 6.39. The van der Waals surface area contributed by atoms with Crippen molar-refractivity contribution in [3.05, 3.63) is 56.9 Å². The van der Waals surface area contributed by atoms with E-state index in [-0.39, 0.29) is 0 Å². The van der Waals surface area contributed by atoms with Gasteiger partial charge >= 0.3 is 0 Å². The molecule has 0 fully saturated rings. The van der Waals surface area contributed by atoms with E-state index < -0.39 is 6.10 Å². The third-order valence-electron chi connectivity index (χ3n) is 3.62. The van der Waals surface area contributed by atoms with E-state index in [2.05, 4.69) is 11.9 Å². The van der Waals surface area contributed by atoms with Crippen molar-refractivity contribution in [1.82, 2.24) is 4.98 Å². The molecule has 0 spiro atoms. The zero-order valence-corrected chi connectivity index (χ0v) is 11.9. The van der Waals surface area contributed by atoms with Crippen LogP contribution in [0.25, 0.3) is 0 Å². The maximum Gasteiger partial charge on any atom is 0.119 e. The molecule has 0 radical (unpaired) electrons. The van der Waals surface area contributed by atoms with Crippen LogP contribution < -0.4 is 0 Å². The average molecular weight is 264 g/mol. The Labute approximate surface area is 113 Å². The van der Waals surface area contributed by atoms with Gasteiger partial charge in [0, 0.05) is 10.7 Å². The average Bonchev–Trinajstić information content (AvgIpc) is 2.60. The lowest BCUT2D eigenvalue weighted by molar-refractivity contribution is 0.215. The second-order valence-corrected chi connectivity index (χ2v) is 5.23. The van der Waals surface area contributed by atoms with Crippen molar-refractivity contribution in [2.75, 3.05) is 0 Å². The standard InChI is InChI=1S/C15H18ClNO/c1-8-7-12(5-6-13(8)16)15(18)14-10(3)9(2)11(4)17-14/h5-7,15,17-18H,1-4H3. The number of benzene rings is 1. The molecular weight excluding hydrogens is 246 g/mol. The summed E-state index contributed by atoms with van der Waals surface area (Å²) in [7, 11) is 0. The van der Waals surface area contributed by atoms with Crippen LogP contribution in [0.1, 0.15) is 39.7 Å². The highest BCUT2D eigenvalue weighted by Gasteiger charge is 2.17. The van der Waals surface area contributed by atoms with Crippen LogP contribution in [0.2, 0.25) is 5.02 Å². The van der Waals surface area contributed by atoms with Gasteiger partial charge in [0.05, 0.1) is 5.69 Å². The summed E-state index contributed by atoms with van der Waals surface area (Å²) < 4.78 is 0. The molecule has 0 amide bonds. The second-order valence-electron chi connectivity index (χ2n) is 4.82. The van der Waals surface area contributed by atoms with Crippen molar-refractivity contribution in [2.45, 2.75) is 33.8 Å². The Morgan fingerprint density at radius 3 is 2.28 bits per heavy atom. The number of aromatic amines is 1. The highest BCUT2D eigenvalue weighted by atomic mass is 35.5. The fraction of sp³-hybridized carbons (Fsp3) is 0.333. The summed E-state index contributed by atoms with van der Waals surface area (Å²) in [5.41, 5.74) is 6.13. The molecule has 0 saturated carbocycles. The lowest BCUT2D eigenvalue weighted by Gasteiger charge is -2.12. The number of hydrogen-bond donors (Lipinski definition) is 2. The molecule has 0 aliphatic heterocycles. The Morgan fingerprint density at radius 2 is 1.78 bits per heavy atom. The quantitative estimate of drug-likeness (QED) is 0.845. The Bertz CT molecular complexity index is 586. The van der Waals surface area contributed by atoms with Crippen molar-refractivity contribution in [3.8, 4) is 0 Å². The molecule has 1 aromatic heterocycles. The number of halogens is 1. The fourth-order valence-electron chi connectivity index (χ4n) is 2.15. The minimum Gasteiger partial charge on any atom is -0.382 e. The van der Waals surface area contributed by atoms with Crippen LogP contribution in [0, 0.1) is 27.7 Å². The van der Waals surface area contributed by atoms with Crippen molar-refractivity contribution >= 4 is 11.6 Å². The summed E-state index contributed by atoms with van der Waals surface area (Å²) in [6.45, 7) is 8.05. The van der Waals surface area contributed by atoms with Gasteiger partial charge in [-0.05, 0) is 56.0 Å². The maximum atomic E-state index is 10.5. The normalized spacial score (nSPS) is 12.8. The van der Waals surface area contributed by atoms with Crippen LogP contribution in [0.4, 0.5) is 0 Å². The van der Waals surface area contributed by atoms with Gasteiger partial charge in [-0.3, -0.25) is 0 Å². The molecule has 2 nitrogen and oxygen atoms in total. The van der Waals surface area contributed by atoms with Crippen LogP contribution in [0.15, 0.2) is 18.2 Å². The smallest absolute Gasteiger partial charge is 0.119 e. The van der Waals surface area contributed by atoms with Crippen molar-refractivity contribution in [2.24, 2.45) is 0 Å². The van der Waals surface area contributed by atoms with Crippen LogP contribution >= 0.6 is 11.6 Å². The van der Waals surface area contributed by atoms with Gasteiger partial charge in [0.25, 0.3) is 0 Å². The van der Waals surface area contributed by atoms with E-state index in [9.17, 15) is 5.11 Å². The topological polar surface area (TPSA) is 36.0 Å². The maximum absolute atomic E-state index is 10.5. The van der Waals surface area contributed by atoms with E-state index in [1.54, 1.807) is 0 Å². The van der Waals surface area contributed by atoms with Gasteiger partial charge in [-0.25, -0.2) is 0 Å². The lowest BCUT2D eigenvalue weighted by atomic mass is 10.0. The van der Waals surface area contributed by atoms with Gasteiger partial charge in [0.15, 0.2) is 0 Å². The number of aromatic nitrogens is 1. The van der Waals surface area contributed by atoms with Crippen molar-refractivity contribution in [3.63, 3.8) is 0 Å². The van der Waals surface area contributed by atoms with Crippen LogP contribution in [-0.2, 0) is 0 Å². The van der Waals surface area contributed by atoms with Crippen LogP contribution in [0.5, 0.6) is 0 Å². The zero-order chi connectivity index (χ0) is 13.4. The Morgan fingerprint density at radius 1 is 1.11 bits per heavy atom. The van der Waals surface area contributed by atoms with E-state index in [0.29, 0.717) is 0 Å². The van der Waals surface area contributed by atoms with Gasteiger partial charge in [-0.2, -0.15) is 0 Å². The first-order chi connectivity index (χ1) is 8.41. The minimum absolute atomic E-state index is 0.631. The van der Waals surface area contributed by atoms with E-state index in [1.807, 2.05) is 39.0 Å². The Balaban J connectivity index is 2.44. The van der Waals surface area contributed by atoms with E-state index in [0.717, 1.165) is 33.1 Å². The molecular formula is C15H18ClNO. The molecule has 96 valence electrons. The van der Waals surface area contributed by atoms with Gasteiger partial charge in [0.1, 0.15) is 6.10 Å². The Kier molecular flexibility index (Phi) is 3.51. The van der Waals surface area contributed by atoms with Crippen LogP contribution in [-0.4, -0.2) is 10.1 Å². The van der Waals surface area contributed by atoms with Gasteiger partial charge < -0.3 is 10.1 Å². The van der Waals surface area contributed by atoms with E-state index >= 15 is 0 Å². The number of rotatable bonds is 2. The highest BCUT2D eigenvalue weighted by molar-refractivity contribution is 6.31. The summed E-state index contributed by atoms with van der Waals surface area (Å²) in [6.07, 6.45) is -0.631. The SMILES string of the molecule is Cc1cc(C(O)c2[nH]c(C)c(C)c2C)ccc1Cl. The molecule has 1 unspecified atom stereocenters. The molecule has 0 bridgehead atoms. The number of aliphatic hydroxyl groups excluding tert-OH is 1. The van der Waals surface area contributed by atoms with Crippen molar-refractivity contribution in [1.29, 1.82) is 0 Å². The van der Waals surface area contributed by atoms with Crippen LogP contribution in [0.3, 0.4) is 0 Å². The second kappa shape index (κ2) is 4.79. The molecule has 3 heteroatoms. The zero-order valence-electron chi connectivity index (χ0n) is 11.1. The molecule has 18 heavy (non-hydrogen) atoms. The predicted molar refractivity (Wildman–Crippen MR) is 75.3 cm³/mol. The molecule has 2 aromatic rings. The number of aryl methyl sites for hydroxylation is 2. The lowest BCUT2D eigenvalue weighted by Crippen LogP contribution is -2.02. The monoisotopic (exact) mass is 263 g/mol. The molecule has 0 saturated heterocycles. The Hall–Kier alpha value is -1.25. The summed E-state index contributed by atoms with van der Waals surface area (Å²) in [5, 5.41) is 11.2. The minimum atomic E-state index is -0.631. The van der Waals surface area contributed by atoms with Gasteiger partial charge in [0.2, 0.25) is 0 Å². The summed E-state index contributed by atoms with van der Waals surface area (Å²) >= 11 is 6.00. The molecule has 2 N–H and O–H groups in total. The highest BCUT2D eigenvalue weighted by Crippen LogP contribution is 2.29. The molecule has 0 aliphatic carbocycles. The number of nitrogens with one attached hydrogen (secondary N) is 1. The molecule has 0 aliphatic rings. The molecule has 1 atom stereocenters. The first kappa shape index (κ1) is 13.2. The number of aliphatic hydroxyl groups is 1. The van der Waals surface area contributed by atoms with Gasteiger partial charge in [-0.15, -0.1) is 0 Å². The summed E-state index contributed by atoms with van der Waals surface area (Å²) in [4.78, 5) is 3.26. The van der Waals surface area contributed by atoms with E-state index in [1.165, 1.54) is 5.56 Å². The third-order valence-corrected chi connectivity index (χ3v) is 4.05. The third kappa shape index (κ3) is 2.18. The molecule has 1 aromatic carbocycles. The predicted octanol–water partition coefficient (Wildman–Crippen LogP) is 3.98. The molecule has 1 heterocycles.